The fraction of sp³-hybridized carbons (Fsp3) is 0.444. The molecule has 0 atom stereocenters. The Morgan fingerprint density at radius 3 is 2.50 bits per heavy atom. The number of hydrogen-bond donors (Lipinski definition) is 0. The summed E-state index contributed by atoms with van der Waals surface area (Å²) in [7, 11) is 0. The Morgan fingerprint density at radius 1 is 1.14 bits per heavy atom. The van der Waals surface area contributed by atoms with Crippen LogP contribution in [0.1, 0.15) is 29.9 Å². The highest BCUT2D eigenvalue weighted by molar-refractivity contribution is 6.06. The summed E-state index contributed by atoms with van der Waals surface area (Å²) in [4.78, 5) is 21.8. The minimum atomic E-state index is 0.130. The molecule has 0 N–H and O–H groups in total. The maximum Gasteiger partial charge on any atom is 0.254 e. The molecule has 0 aliphatic carbocycles. The fourth-order valence-corrected chi connectivity index (χ4v) is 3.10. The van der Waals surface area contributed by atoms with Gasteiger partial charge >= 0.3 is 0 Å². The van der Waals surface area contributed by atoms with Crippen molar-refractivity contribution in [3.8, 4) is 0 Å². The van der Waals surface area contributed by atoms with Gasteiger partial charge in [-0.05, 0) is 32.9 Å². The lowest BCUT2D eigenvalue weighted by Crippen LogP contribution is -2.50. The van der Waals surface area contributed by atoms with E-state index in [4.69, 9.17) is 0 Å². The molecule has 22 heavy (non-hydrogen) atoms. The van der Waals surface area contributed by atoms with Gasteiger partial charge in [-0.1, -0.05) is 18.2 Å². The van der Waals surface area contributed by atoms with Crippen LogP contribution in [0.15, 0.2) is 30.3 Å². The summed E-state index contributed by atoms with van der Waals surface area (Å²) in [5.74, 6) is 0.130. The molecule has 4 nitrogen and oxygen atoms in total. The highest BCUT2D eigenvalue weighted by Gasteiger charge is 2.24. The minimum absolute atomic E-state index is 0.130. The molecule has 0 unspecified atom stereocenters. The molecule has 1 aromatic carbocycles. The van der Waals surface area contributed by atoms with Crippen LogP contribution in [0.25, 0.3) is 10.9 Å². The first kappa shape index (κ1) is 15.0. The normalized spacial score (nSPS) is 16.5. The number of aromatic nitrogens is 1. The van der Waals surface area contributed by atoms with E-state index in [1.54, 1.807) is 0 Å². The molecule has 1 aromatic heterocycles. The molecule has 1 aliphatic rings. The molecule has 0 radical (unpaired) electrons. The van der Waals surface area contributed by atoms with Gasteiger partial charge in [0, 0.05) is 43.3 Å². The maximum absolute atomic E-state index is 12.9. The molecule has 1 saturated heterocycles. The van der Waals surface area contributed by atoms with Gasteiger partial charge < -0.3 is 4.90 Å². The van der Waals surface area contributed by atoms with Crippen molar-refractivity contribution in [2.45, 2.75) is 26.8 Å². The third-order valence-corrected chi connectivity index (χ3v) is 4.41. The molecule has 2 heterocycles. The van der Waals surface area contributed by atoms with Crippen LogP contribution in [0.3, 0.4) is 0 Å². The van der Waals surface area contributed by atoms with E-state index in [0.29, 0.717) is 6.04 Å². The van der Waals surface area contributed by atoms with E-state index in [0.717, 1.165) is 48.3 Å². The minimum Gasteiger partial charge on any atom is -0.336 e. The molecule has 1 amide bonds. The van der Waals surface area contributed by atoms with E-state index in [9.17, 15) is 4.79 Å². The van der Waals surface area contributed by atoms with Crippen molar-refractivity contribution in [1.29, 1.82) is 0 Å². The summed E-state index contributed by atoms with van der Waals surface area (Å²) >= 11 is 0. The summed E-state index contributed by atoms with van der Waals surface area (Å²) in [6.45, 7) is 9.85. The Labute approximate surface area is 131 Å². The monoisotopic (exact) mass is 297 g/mol. The molecular formula is C18H23N3O. The first-order chi connectivity index (χ1) is 10.6. The third-order valence-electron chi connectivity index (χ3n) is 4.41. The Bertz CT molecular complexity index is 688. The average Bonchev–Trinajstić information content (AvgIpc) is 2.53. The van der Waals surface area contributed by atoms with E-state index in [1.165, 1.54) is 0 Å². The number of carbonyl (C=O) groups is 1. The van der Waals surface area contributed by atoms with E-state index < -0.39 is 0 Å². The van der Waals surface area contributed by atoms with Crippen molar-refractivity contribution in [2.24, 2.45) is 0 Å². The number of piperazine rings is 1. The van der Waals surface area contributed by atoms with Crippen molar-refractivity contribution in [3.05, 3.63) is 41.6 Å². The van der Waals surface area contributed by atoms with Gasteiger partial charge in [0.25, 0.3) is 5.91 Å². The first-order valence-electron chi connectivity index (χ1n) is 7.96. The van der Waals surface area contributed by atoms with Gasteiger partial charge in [0.15, 0.2) is 0 Å². The van der Waals surface area contributed by atoms with Crippen molar-refractivity contribution < 1.29 is 4.79 Å². The number of nitrogens with zero attached hydrogens (tertiary/aromatic N) is 3. The molecule has 0 saturated carbocycles. The topological polar surface area (TPSA) is 36.4 Å². The third kappa shape index (κ3) is 2.83. The molecule has 1 aliphatic heterocycles. The molecule has 1 fully saturated rings. The van der Waals surface area contributed by atoms with Crippen molar-refractivity contribution in [3.63, 3.8) is 0 Å². The van der Waals surface area contributed by atoms with Gasteiger partial charge in [0.1, 0.15) is 0 Å². The number of carbonyl (C=O) groups excluding carboxylic acids is 1. The van der Waals surface area contributed by atoms with Crippen molar-refractivity contribution in [1.82, 2.24) is 14.8 Å². The summed E-state index contributed by atoms with van der Waals surface area (Å²) in [5, 5.41) is 0.949. The van der Waals surface area contributed by atoms with Gasteiger partial charge in [0.2, 0.25) is 0 Å². The van der Waals surface area contributed by atoms with E-state index in [2.05, 4.69) is 23.7 Å². The average molecular weight is 297 g/mol. The van der Waals surface area contributed by atoms with Crippen LogP contribution in [-0.2, 0) is 0 Å². The molecule has 116 valence electrons. The van der Waals surface area contributed by atoms with E-state index in [-0.39, 0.29) is 5.91 Å². The van der Waals surface area contributed by atoms with Crippen LogP contribution in [-0.4, -0.2) is 52.9 Å². The quantitative estimate of drug-likeness (QED) is 0.855. The summed E-state index contributed by atoms with van der Waals surface area (Å²) < 4.78 is 0. The fourth-order valence-electron chi connectivity index (χ4n) is 3.10. The molecule has 3 rings (SSSR count). The molecule has 2 aromatic rings. The number of hydrogen-bond acceptors (Lipinski definition) is 3. The number of fused-ring (bicyclic) bond motifs is 1. The number of para-hydroxylation sites is 1. The summed E-state index contributed by atoms with van der Waals surface area (Å²) in [5.41, 5.74) is 2.57. The highest BCUT2D eigenvalue weighted by Crippen LogP contribution is 2.20. The maximum atomic E-state index is 12.9. The standard InChI is InChI=1S/C18H23N3O/c1-13(2)20-8-10-21(11-9-20)18(22)16-12-14(3)19-17-7-5-4-6-15(16)17/h4-7,12-13H,8-11H2,1-3H3. The predicted molar refractivity (Wildman–Crippen MR) is 89.1 cm³/mol. The first-order valence-corrected chi connectivity index (χ1v) is 7.96. The zero-order valence-electron chi connectivity index (χ0n) is 13.5. The Kier molecular flexibility index (Phi) is 4.12. The van der Waals surface area contributed by atoms with E-state index >= 15 is 0 Å². The molecule has 4 heteroatoms. The molecule has 0 bridgehead atoms. The van der Waals surface area contributed by atoms with Gasteiger partial charge in [-0.3, -0.25) is 14.7 Å². The van der Waals surface area contributed by atoms with Gasteiger partial charge in [0.05, 0.1) is 11.1 Å². The zero-order chi connectivity index (χ0) is 15.7. The van der Waals surface area contributed by atoms with Crippen LogP contribution in [0.4, 0.5) is 0 Å². The predicted octanol–water partition coefficient (Wildman–Crippen LogP) is 2.71. The second-order valence-electron chi connectivity index (χ2n) is 6.25. The smallest absolute Gasteiger partial charge is 0.254 e. The largest absolute Gasteiger partial charge is 0.336 e. The second kappa shape index (κ2) is 6.05. The summed E-state index contributed by atoms with van der Waals surface area (Å²) in [6.07, 6.45) is 0. The number of benzene rings is 1. The van der Waals surface area contributed by atoms with Crippen LogP contribution >= 0.6 is 0 Å². The number of pyridine rings is 1. The van der Waals surface area contributed by atoms with Gasteiger partial charge in [-0.2, -0.15) is 0 Å². The van der Waals surface area contributed by atoms with Crippen LogP contribution in [0.5, 0.6) is 0 Å². The van der Waals surface area contributed by atoms with Crippen molar-refractivity contribution >= 4 is 16.8 Å². The SMILES string of the molecule is Cc1cc(C(=O)N2CCN(C(C)C)CC2)c2ccccc2n1. The summed E-state index contributed by atoms with van der Waals surface area (Å²) in [6, 6.07) is 10.3. The second-order valence-corrected chi connectivity index (χ2v) is 6.25. The molecule has 0 spiro atoms. The Balaban J connectivity index is 1.87. The van der Waals surface area contributed by atoms with Crippen molar-refractivity contribution in [2.75, 3.05) is 26.2 Å². The Morgan fingerprint density at radius 2 is 1.82 bits per heavy atom. The lowest BCUT2D eigenvalue weighted by molar-refractivity contribution is 0.0597. The van der Waals surface area contributed by atoms with E-state index in [1.807, 2.05) is 42.2 Å². The Hall–Kier alpha value is -1.94. The van der Waals surface area contributed by atoms with Gasteiger partial charge in [-0.15, -0.1) is 0 Å². The van der Waals surface area contributed by atoms with Crippen LogP contribution in [0, 0.1) is 6.92 Å². The number of amides is 1. The lowest BCUT2D eigenvalue weighted by atomic mass is 10.1. The van der Waals surface area contributed by atoms with Crippen LogP contribution in [0.2, 0.25) is 0 Å². The number of rotatable bonds is 2. The highest BCUT2D eigenvalue weighted by atomic mass is 16.2. The lowest BCUT2D eigenvalue weighted by Gasteiger charge is -2.37. The van der Waals surface area contributed by atoms with Gasteiger partial charge in [-0.25, -0.2) is 0 Å². The number of aryl methyl sites for hydroxylation is 1. The van der Waals surface area contributed by atoms with Crippen LogP contribution < -0.4 is 0 Å². The zero-order valence-corrected chi connectivity index (χ0v) is 13.5. The molecular weight excluding hydrogens is 274 g/mol.